The van der Waals surface area contributed by atoms with E-state index in [1.54, 1.807) is 23.7 Å². The van der Waals surface area contributed by atoms with Crippen LogP contribution in [0.4, 0.5) is 0 Å². The molecule has 1 N–H and O–H groups in total. The highest BCUT2D eigenvalue weighted by molar-refractivity contribution is 7.07. The summed E-state index contributed by atoms with van der Waals surface area (Å²) in [6.07, 6.45) is 2.53. The van der Waals surface area contributed by atoms with Crippen LogP contribution in [-0.4, -0.2) is 16.1 Å². The Hall–Kier alpha value is -1.85. The number of carbonyl (C=O) groups is 1. The molecule has 4 nitrogen and oxygen atoms in total. The zero-order chi connectivity index (χ0) is 13.7. The van der Waals surface area contributed by atoms with Crippen LogP contribution in [-0.2, 0) is 11.4 Å². The number of hydrogen-bond donors (Lipinski definition) is 1. The minimum Gasteiger partial charge on any atom is -0.486 e. The summed E-state index contributed by atoms with van der Waals surface area (Å²) in [5.74, 6) is -0.456. The predicted octanol–water partition coefficient (Wildman–Crippen LogP) is 3.47. The van der Waals surface area contributed by atoms with Crippen LogP contribution < -0.4 is 4.74 Å². The van der Waals surface area contributed by atoms with Gasteiger partial charge < -0.3 is 9.84 Å². The number of ether oxygens (including phenoxy) is 1. The molecule has 1 heterocycles. The standard InChI is InChI=1S/C13H10ClNO3S/c14-11-5-9(2-4-13(16)17)1-3-12(11)18-6-10-7-19-8-15-10/h1-5,7-8H,6H2,(H,16,17). The third kappa shape index (κ3) is 4.08. The Bertz CT molecular complexity index is 596. The van der Waals surface area contributed by atoms with E-state index in [-0.39, 0.29) is 0 Å². The molecular weight excluding hydrogens is 286 g/mol. The maximum absolute atomic E-state index is 10.4. The Morgan fingerprint density at radius 3 is 3.00 bits per heavy atom. The molecule has 0 aliphatic heterocycles. The van der Waals surface area contributed by atoms with E-state index in [0.29, 0.717) is 22.9 Å². The van der Waals surface area contributed by atoms with E-state index in [0.717, 1.165) is 11.8 Å². The number of hydrogen-bond acceptors (Lipinski definition) is 4. The normalized spacial score (nSPS) is 10.8. The molecule has 0 unspecified atom stereocenters. The van der Waals surface area contributed by atoms with Crippen molar-refractivity contribution >= 4 is 35.0 Å². The highest BCUT2D eigenvalue weighted by Crippen LogP contribution is 2.26. The van der Waals surface area contributed by atoms with Crippen LogP contribution >= 0.6 is 22.9 Å². The van der Waals surface area contributed by atoms with Gasteiger partial charge in [0.05, 0.1) is 16.2 Å². The van der Waals surface area contributed by atoms with Gasteiger partial charge in [-0.25, -0.2) is 9.78 Å². The second-order valence-corrected chi connectivity index (χ2v) is 4.76. The highest BCUT2D eigenvalue weighted by Gasteiger charge is 2.03. The van der Waals surface area contributed by atoms with Crippen LogP contribution in [0.5, 0.6) is 5.75 Å². The quantitative estimate of drug-likeness (QED) is 0.858. The van der Waals surface area contributed by atoms with Crippen molar-refractivity contribution in [2.24, 2.45) is 0 Å². The maximum Gasteiger partial charge on any atom is 0.328 e. The van der Waals surface area contributed by atoms with Crippen molar-refractivity contribution in [2.75, 3.05) is 0 Å². The van der Waals surface area contributed by atoms with Crippen LogP contribution in [0.2, 0.25) is 5.02 Å². The molecule has 19 heavy (non-hydrogen) atoms. The summed E-state index contributed by atoms with van der Waals surface area (Å²) >= 11 is 7.56. The first-order chi connectivity index (χ1) is 9.15. The Morgan fingerprint density at radius 2 is 2.37 bits per heavy atom. The highest BCUT2D eigenvalue weighted by atomic mass is 35.5. The van der Waals surface area contributed by atoms with Crippen LogP contribution in [0.15, 0.2) is 35.2 Å². The minimum absolute atomic E-state index is 0.355. The molecule has 0 aliphatic rings. The third-order valence-corrected chi connectivity index (χ3v) is 3.16. The summed E-state index contributed by atoms with van der Waals surface area (Å²) in [6.45, 7) is 0.355. The molecule has 1 aromatic carbocycles. The van der Waals surface area contributed by atoms with Gasteiger partial charge in [-0.3, -0.25) is 0 Å². The average molecular weight is 296 g/mol. The summed E-state index contributed by atoms with van der Waals surface area (Å²) < 4.78 is 5.53. The zero-order valence-electron chi connectivity index (χ0n) is 9.75. The molecular formula is C13H10ClNO3S. The fraction of sp³-hybridized carbons (Fsp3) is 0.0769. The summed E-state index contributed by atoms with van der Waals surface area (Å²) in [5.41, 5.74) is 3.28. The number of halogens is 1. The maximum atomic E-state index is 10.4. The van der Waals surface area contributed by atoms with E-state index < -0.39 is 5.97 Å². The van der Waals surface area contributed by atoms with E-state index in [1.165, 1.54) is 17.4 Å². The van der Waals surface area contributed by atoms with Crippen molar-refractivity contribution in [2.45, 2.75) is 6.61 Å². The van der Waals surface area contributed by atoms with Crippen LogP contribution in [0.1, 0.15) is 11.3 Å². The van der Waals surface area contributed by atoms with E-state index in [1.807, 2.05) is 5.38 Å². The lowest BCUT2D eigenvalue weighted by molar-refractivity contribution is -0.131. The van der Waals surface area contributed by atoms with Gasteiger partial charge in [0.1, 0.15) is 12.4 Å². The van der Waals surface area contributed by atoms with Gasteiger partial charge in [-0.2, -0.15) is 0 Å². The number of benzene rings is 1. The van der Waals surface area contributed by atoms with E-state index in [9.17, 15) is 4.79 Å². The Balaban J connectivity index is 2.04. The van der Waals surface area contributed by atoms with Crippen molar-refractivity contribution in [3.05, 3.63) is 51.4 Å². The van der Waals surface area contributed by atoms with Gasteiger partial charge in [0.25, 0.3) is 0 Å². The van der Waals surface area contributed by atoms with Gasteiger partial charge in [-0.05, 0) is 23.8 Å². The first-order valence-corrected chi connectivity index (χ1v) is 6.67. The van der Waals surface area contributed by atoms with Crippen molar-refractivity contribution in [3.8, 4) is 5.75 Å². The number of carboxylic acid groups (broad SMARTS) is 1. The summed E-state index contributed by atoms with van der Waals surface area (Å²) in [6, 6.07) is 5.09. The summed E-state index contributed by atoms with van der Waals surface area (Å²) in [4.78, 5) is 14.5. The lowest BCUT2D eigenvalue weighted by Crippen LogP contribution is -1.96. The average Bonchev–Trinajstić information content (AvgIpc) is 2.88. The molecule has 0 bridgehead atoms. The van der Waals surface area contributed by atoms with Crippen LogP contribution in [0, 0.1) is 0 Å². The molecule has 0 fully saturated rings. The Labute approximate surface area is 118 Å². The topological polar surface area (TPSA) is 59.4 Å². The van der Waals surface area contributed by atoms with Crippen molar-refractivity contribution in [3.63, 3.8) is 0 Å². The molecule has 0 spiro atoms. The molecule has 0 radical (unpaired) electrons. The van der Waals surface area contributed by atoms with Gasteiger partial charge in [0.2, 0.25) is 0 Å². The Kier molecular flexibility index (Phi) is 4.54. The second kappa shape index (κ2) is 6.36. The van der Waals surface area contributed by atoms with Crippen LogP contribution in [0.25, 0.3) is 6.08 Å². The molecule has 98 valence electrons. The number of carboxylic acids is 1. The monoisotopic (exact) mass is 295 g/mol. The van der Waals surface area contributed by atoms with Gasteiger partial charge in [0, 0.05) is 11.5 Å². The summed E-state index contributed by atoms with van der Waals surface area (Å²) in [5, 5.41) is 10.9. The number of aliphatic carboxylic acids is 1. The molecule has 0 amide bonds. The lowest BCUT2D eigenvalue weighted by atomic mass is 10.2. The first-order valence-electron chi connectivity index (χ1n) is 5.35. The van der Waals surface area contributed by atoms with Gasteiger partial charge in [-0.15, -0.1) is 11.3 Å². The van der Waals surface area contributed by atoms with E-state index in [2.05, 4.69) is 4.98 Å². The predicted molar refractivity (Wildman–Crippen MR) is 74.6 cm³/mol. The molecule has 0 atom stereocenters. The zero-order valence-corrected chi connectivity index (χ0v) is 11.3. The van der Waals surface area contributed by atoms with Crippen molar-refractivity contribution in [1.29, 1.82) is 0 Å². The first kappa shape index (κ1) is 13.6. The Morgan fingerprint density at radius 1 is 1.53 bits per heavy atom. The number of nitrogens with zero attached hydrogens (tertiary/aromatic N) is 1. The van der Waals surface area contributed by atoms with Crippen LogP contribution in [0.3, 0.4) is 0 Å². The summed E-state index contributed by atoms with van der Waals surface area (Å²) in [7, 11) is 0. The number of thiazole rings is 1. The molecule has 0 saturated carbocycles. The van der Waals surface area contributed by atoms with Crippen molar-refractivity contribution < 1.29 is 14.6 Å². The van der Waals surface area contributed by atoms with Crippen molar-refractivity contribution in [1.82, 2.24) is 4.98 Å². The van der Waals surface area contributed by atoms with Gasteiger partial charge >= 0.3 is 5.97 Å². The SMILES string of the molecule is O=C(O)C=Cc1ccc(OCc2cscn2)c(Cl)c1. The molecule has 0 saturated heterocycles. The molecule has 6 heteroatoms. The van der Waals surface area contributed by atoms with E-state index in [4.69, 9.17) is 21.4 Å². The fourth-order valence-electron chi connectivity index (χ4n) is 1.37. The molecule has 2 rings (SSSR count). The smallest absolute Gasteiger partial charge is 0.328 e. The molecule has 2 aromatic rings. The minimum atomic E-state index is -1.00. The molecule has 0 aliphatic carbocycles. The number of rotatable bonds is 5. The van der Waals surface area contributed by atoms with E-state index >= 15 is 0 Å². The lowest BCUT2D eigenvalue weighted by Gasteiger charge is -2.07. The second-order valence-electron chi connectivity index (χ2n) is 3.63. The third-order valence-electron chi connectivity index (χ3n) is 2.23. The largest absolute Gasteiger partial charge is 0.486 e. The van der Waals surface area contributed by atoms with Gasteiger partial charge in [-0.1, -0.05) is 17.7 Å². The van der Waals surface area contributed by atoms with Gasteiger partial charge in [0.15, 0.2) is 0 Å². The number of aromatic nitrogens is 1. The fourth-order valence-corrected chi connectivity index (χ4v) is 2.15. The molecule has 1 aromatic heterocycles.